The van der Waals surface area contributed by atoms with Gasteiger partial charge in [-0.05, 0) is 24.6 Å². The summed E-state index contributed by atoms with van der Waals surface area (Å²) in [6.45, 7) is 4.50. The molecule has 0 saturated carbocycles. The van der Waals surface area contributed by atoms with E-state index in [2.05, 4.69) is 16.5 Å². The zero-order valence-electron chi connectivity index (χ0n) is 14.9. The maximum Gasteiger partial charge on any atom is 0.276 e. The summed E-state index contributed by atoms with van der Waals surface area (Å²) >= 11 is 1.54. The summed E-state index contributed by atoms with van der Waals surface area (Å²) in [7, 11) is 0. The summed E-state index contributed by atoms with van der Waals surface area (Å²) in [5.41, 5.74) is 0.655. The maximum atomic E-state index is 12.6. The van der Waals surface area contributed by atoms with Crippen LogP contribution in [-0.2, 0) is 6.54 Å². The molecule has 1 amide bonds. The van der Waals surface area contributed by atoms with Crippen molar-refractivity contribution in [3.05, 3.63) is 52.4 Å². The third-order valence-electron chi connectivity index (χ3n) is 3.66. The summed E-state index contributed by atoms with van der Waals surface area (Å²) < 4.78 is 1.33. The summed E-state index contributed by atoms with van der Waals surface area (Å²) in [4.78, 5) is 25.3. The van der Waals surface area contributed by atoms with E-state index in [-0.39, 0.29) is 22.4 Å². The first kappa shape index (κ1) is 19.7. The second-order valence-corrected chi connectivity index (χ2v) is 7.35. The Bertz CT molecular complexity index is 857. The van der Waals surface area contributed by atoms with Crippen LogP contribution < -0.4 is 10.9 Å². The number of carbonyl (C=O) groups is 1. The number of unbranched alkanes of at least 4 members (excludes halogenated alkanes) is 1. The van der Waals surface area contributed by atoms with E-state index in [1.165, 1.54) is 28.6 Å². The maximum absolute atomic E-state index is 12.6. The highest BCUT2D eigenvalue weighted by atomic mass is 32.2. The Hall–Kier alpha value is -2.59. The van der Waals surface area contributed by atoms with Crippen LogP contribution in [0.1, 0.15) is 43.6 Å². The van der Waals surface area contributed by atoms with Crippen molar-refractivity contribution in [1.82, 2.24) is 9.78 Å². The first-order valence-corrected chi connectivity index (χ1v) is 9.45. The Morgan fingerprint density at radius 3 is 2.85 bits per heavy atom. The highest BCUT2D eigenvalue weighted by molar-refractivity contribution is 8.00. The van der Waals surface area contributed by atoms with Gasteiger partial charge in [0.1, 0.15) is 5.69 Å². The molecule has 7 heteroatoms. The highest BCUT2D eigenvalue weighted by Gasteiger charge is 2.14. The fraction of sp³-hybridized carbons (Fsp3) is 0.368. The van der Waals surface area contributed by atoms with Gasteiger partial charge in [-0.2, -0.15) is 10.4 Å². The van der Waals surface area contributed by atoms with Gasteiger partial charge in [0.25, 0.3) is 11.5 Å². The van der Waals surface area contributed by atoms with Crippen molar-refractivity contribution in [3.63, 3.8) is 0 Å². The van der Waals surface area contributed by atoms with Crippen molar-refractivity contribution in [1.29, 1.82) is 5.26 Å². The van der Waals surface area contributed by atoms with E-state index in [0.717, 1.165) is 17.7 Å². The lowest BCUT2D eigenvalue weighted by Gasteiger charge is -2.13. The Labute approximate surface area is 157 Å². The summed E-state index contributed by atoms with van der Waals surface area (Å²) in [5, 5.41) is 16.0. The van der Waals surface area contributed by atoms with E-state index in [9.17, 15) is 9.59 Å². The molecule has 1 aromatic carbocycles. The molecule has 1 N–H and O–H groups in total. The number of hydrogen-bond donors (Lipinski definition) is 1. The number of aromatic nitrogens is 2. The normalized spacial score (nSPS) is 11.6. The minimum atomic E-state index is -0.365. The molecule has 6 nitrogen and oxygen atoms in total. The fourth-order valence-corrected chi connectivity index (χ4v) is 3.28. The quantitative estimate of drug-likeness (QED) is 0.716. The molecule has 1 aromatic heterocycles. The lowest BCUT2D eigenvalue weighted by atomic mass is 10.3. The number of anilines is 1. The smallest absolute Gasteiger partial charge is 0.276 e. The number of rotatable bonds is 8. The van der Waals surface area contributed by atoms with E-state index < -0.39 is 0 Å². The number of nitrogens with zero attached hydrogens (tertiary/aromatic N) is 3. The number of thioether (sulfide) groups is 1. The number of nitrogens with one attached hydrogen (secondary N) is 1. The zero-order chi connectivity index (χ0) is 18.9. The average molecular weight is 370 g/mol. The topological polar surface area (TPSA) is 87.8 Å². The highest BCUT2D eigenvalue weighted by Crippen LogP contribution is 2.31. The molecule has 0 spiro atoms. The molecular formula is C19H22N4O2S. The lowest BCUT2D eigenvalue weighted by Crippen LogP contribution is -2.26. The molecule has 0 aliphatic rings. The van der Waals surface area contributed by atoms with Crippen molar-refractivity contribution in [2.45, 2.75) is 49.8 Å². The van der Waals surface area contributed by atoms with Crippen LogP contribution >= 0.6 is 11.8 Å². The second-order valence-electron chi connectivity index (χ2n) is 5.87. The van der Waals surface area contributed by atoms with Gasteiger partial charge in [-0.3, -0.25) is 9.59 Å². The standard InChI is InChI=1S/C19H22N4O2S/c1-3-4-13-23-18(24)10-9-16(22-23)19(25)21-15-7-5-6-8-17(15)26-14(2)11-12-20/h5-10,14H,3-4,11,13H2,1-2H3,(H,21,25)/t14-/m1/s1. The van der Waals surface area contributed by atoms with Crippen molar-refractivity contribution in [2.24, 2.45) is 0 Å². The summed E-state index contributed by atoms with van der Waals surface area (Å²) in [6, 6.07) is 12.4. The van der Waals surface area contributed by atoms with Crippen LogP contribution in [0.25, 0.3) is 0 Å². The molecule has 136 valence electrons. The Balaban J connectivity index is 2.18. The molecule has 1 heterocycles. The molecule has 0 aliphatic heterocycles. The molecule has 0 saturated heterocycles. The average Bonchev–Trinajstić information content (AvgIpc) is 2.62. The van der Waals surface area contributed by atoms with E-state index >= 15 is 0 Å². The molecule has 0 aliphatic carbocycles. The van der Waals surface area contributed by atoms with Crippen LogP contribution in [0.3, 0.4) is 0 Å². The van der Waals surface area contributed by atoms with E-state index in [0.29, 0.717) is 18.7 Å². The molecule has 1 atom stereocenters. The van der Waals surface area contributed by atoms with Gasteiger partial charge in [0, 0.05) is 29.2 Å². The third kappa shape index (κ3) is 5.46. The molecule has 0 radical (unpaired) electrons. The van der Waals surface area contributed by atoms with Gasteiger partial charge in [0.2, 0.25) is 0 Å². The Morgan fingerprint density at radius 1 is 1.35 bits per heavy atom. The number of nitriles is 1. The van der Waals surface area contributed by atoms with Gasteiger partial charge in [0.05, 0.1) is 11.8 Å². The van der Waals surface area contributed by atoms with Gasteiger partial charge in [0.15, 0.2) is 0 Å². The van der Waals surface area contributed by atoms with Crippen LogP contribution in [0.15, 0.2) is 46.1 Å². The largest absolute Gasteiger partial charge is 0.320 e. The number of benzene rings is 1. The first-order chi connectivity index (χ1) is 12.5. The molecular weight excluding hydrogens is 348 g/mol. The molecule has 2 aromatic rings. The van der Waals surface area contributed by atoms with Crippen LogP contribution in [0, 0.1) is 11.3 Å². The predicted molar refractivity (Wildman–Crippen MR) is 103 cm³/mol. The van der Waals surface area contributed by atoms with Gasteiger partial charge < -0.3 is 5.32 Å². The van der Waals surface area contributed by atoms with Crippen molar-refractivity contribution in [3.8, 4) is 6.07 Å². The SMILES string of the molecule is CCCCn1nc(C(=O)Nc2ccccc2S[C@H](C)CC#N)ccc1=O. The minimum Gasteiger partial charge on any atom is -0.320 e. The molecule has 0 bridgehead atoms. The van der Waals surface area contributed by atoms with Gasteiger partial charge in [-0.15, -0.1) is 11.8 Å². The molecule has 0 unspecified atom stereocenters. The Morgan fingerprint density at radius 2 is 2.12 bits per heavy atom. The zero-order valence-corrected chi connectivity index (χ0v) is 15.8. The number of hydrogen-bond acceptors (Lipinski definition) is 5. The van der Waals surface area contributed by atoms with E-state index in [1.54, 1.807) is 0 Å². The number of carbonyl (C=O) groups excluding carboxylic acids is 1. The first-order valence-electron chi connectivity index (χ1n) is 8.57. The van der Waals surface area contributed by atoms with Crippen LogP contribution in [-0.4, -0.2) is 20.9 Å². The second kappa shape index (κ2) is 9.78. The number of aryl methyl sites for hydroxylation is 1. The fourth-order valence-electron chi connectivity index (χ4n) is 2.28. The van der Waals surface area contributed by atoms with Crippen molar-refractivity contribution >= 4 is 23.4 Å². The summed E-state index contributed by atoms with van der Waals surface area (Å²) in [5.74, 6) is -0.365. The van der Waals surface area contributed by atoms with E-state index in [1.807, 2.05) is 38.1 Å². The van der Waals surface area contributed by atoms with Gasteiger partial charge in [-0.25, -0.2) is 4.68 Å². The lowest BCUT2D eigenvalue weighted by molar-refractivity contribution is 0.101. The van der Waals surface area contributed by atoms with E-state index in [4.69, 9.17) is 5.26 Å². The molecule has 26 heavy (non-hydrogen) atoms. The van der Waals surface area contributed by atoms with Crippen LogP contribution in [0.5, 0.6) is 0 Å². The number of para-hydroxylation sites is 1. The monoisotopic (exact) mass is 370 g/mol. The van der Waals surface area contributed by atoms with Crippen molar-refractivity contribution < 1.29 is 4.79 Å². The predicted octanol–water partition coefficient (Wildman–Crippen LogP) is 3.69. The third-order valence-corrected chi connectivity index (χ3v) is 4.84. The number of amides is 1. The van der Waals surface area contributed by atoms with Crippen LogP contribution in [0.2, 0.25) is 0 Å². The molecule has 2 rings (SSSR count). The van der Waals surface area contributed by atoms with Crippen molar-refractivity contribution in [2.75, 3.05) is 5.32 Å². The Kier molecular flexibility index (Phi) is 7.42. The van der Waals surface area contributed by atoms with Gasteiger partial charge in [-0.1, -0.05) is 32.4 Å². The summed E-state index contributed by atoms with van der Waals surface area (Å²) in [6.07, 6.45) is 2.20. The molecule has 0 fully saturated rings. The van der Waals surface area contributed by atoms with Crippen LogP contribution in [0.4, 0.5) is 5.69 Å². The minimum absolute atomic E-state index is 0.118. The van der Waals surface area contributed by atoms with Gasteiger partial charge >= 0.3 is 0 Å².